The van der Waals surface area contributed by atoms with Crippen molar-refractivity contribution in [3.8, 4) is 0 Å². The molecule has 3 nitrogen and oxygen atoms in total. The zero-order valence-electron chi connectivity index (χ0n) is 9.29. The molecule has 0 aliphatic carbocycles. The van der Waals surface area contributed by atoms with E-state index < -0.39 is 0 Å². The molecule has 0 radical (unpaired) electrons. The smallest absolute Gasteiger partial charge is 0.305 e. The van der Waals surface area contributed by atoms with Crippen molar-refractivity contribution in [2.24, 2.45) is 11.8 Å². The van der Waals surface area contributed by atoms with Gasteiger partial charge in [0.25, 0.3) is 0 Å². The molecular formula is C11H20O3. The van der Waals surface area contributed by atoms with Crippen molar-refractivity contribution in [2.75, 3.05) is 13.7 Å². The Balaban J connectivity index is 2.36. The van der Waals surface area contributed by atoms with Crippen LogP contribution in [0.15, 0.2) is 0 Å². The quantitative estimate of drug-likeness (QED) is 0.654. The Kier molecular flexibility index (Phi) is 4.39. The lowest BCUT2D eigenvalue weighted by molar-refractivity contribution is -0.143. The van der Waals surface area contributed by atoms with Crippen LogP contribution in [0.3, 0.4) is 0 Å². The van der Waals surface area contributed by atoms with E-state index in [0.717, 1.165) is 19.4 Å². The third-order valence-electron chi connectivity index (χ3n) is 2.85. The Morgan fingerprint density at radius 2 is 2.29 bits per heavy atom. The molecule has 1 aliphatic heterocycles. The largest absolute Gasteiger partial charge is 0.469 e. The SMILES string of the molecule is COC(=O)C[C@@H]1CCO[C@@H](C(C)C)C1. The minimum atomic E-state index is -0.0978. The van der Waals surface area contributed by atoms with Crippen LogP contribution in [0.5, 0.6) is 0 Å². The molecule has 0 spiro atoms. The monoisotopic (exact) mass is 200 g/mol. The number of methoxy groups -OCH3 is 1. The van der Waals surface area contributed by atoms with Gasteiger partial charge < -0.3 is 9.47 Å². The summed E-state index contributed by atoms with van der Waals surface area (Å²) in [6.45, 7) is 5.10. The first kappa shape index (κ1) is 11.5. The summed E-state index contributed by atoms with van der Waals surface area (Å²) in [5, 5.41) is 0. The second-order valence-electron chi connectivity index (χ2n) is 4.32. The molecule has 1 aliphatic rings. The molecule has 14 heavy (non-hydrogen) atoms. The number of hydrogen-bond acceptors (Lipinski definition) is 3. The number of esters is 1. The standard InChI is InChI=1S/C11H20O3/c1-8(2)10-6-9(4-5-14-10)7-11(12)13-3/h8-10H,4-7H2,1-3H3/t9-,10-/m1/s1. The van der Waals surface area contributed by atoms with E-state index in [2.05, 4.69) is 18.6 Å². The van der Waals surface area contributed by atoms with E-state index >= 15 is 0 Å². The molecule has 1 fully saturated rings. The first-order valence-electron chi connectivity index (χ1n) is 5.32. The first-order chi connectivity index (χ1) is 6.63. The summed E-state index contributed by atoms with van der Waals surface area (Å²) in [6.07, 6.45) is 2.84. The van der Waals surface area contributed by atoms with Gasteiger partial charge in [-0.05, 0) is 24.7 Å². The Hall–Kier alpha value is -0.570. The summed E-state index contributed by atoms with van der Waals surface area (Å²) in [4.78, 5) is 11.1. The number of rotatable bonds is 3. The van der Waals surface area contributed by atoms with Gasteiger partial charge in [0.05, 0.1) is 13.2 Å². The molecule has 0 N–H and O–H groups in total. The molecule has 1 saturated heterocycles. The Morgan fingerprint density at radius 1 is 1.57 bits per heavy atom. The molecule has 2 atom stereocenters. The summed E-state index contributed by atoms with van der Waals surface area (Å²) in [7, 11) is 1.45. The van der Waals surface area contributed by atoms with Gasteiger partial charge in [0.2, 0.25) is 0 Å². The van der Waals surface area contributed by atoms with Crippen molar-refractivity contribution in [1.29, 1.82) is 0 Å². The number of carbonyl (C=O) groups excluding carboxylic acids is 1. The lowest BCUT2D eigenvalue weighted by Gasteiger charge is -2.31. The first-order valence-corrected chi connectivity index (χ1v) is 5.32. The van der Waals surface area contributed by atoms with Gasteiger partial charge in [-0.25, -0.2) is 0 Å². The normalized spacial score (nSPS) is 27.7. The van der Waals surface area contributed by atoms with Crippen molar-refractivity contribution in [1.82, 2.24) is 0 Å². The van der Waals surface area contributed by atoms with Crippen LogP contribution in [0.25, 0.3) is 0 Å². The fourth-order valence-electron chi connectivity index (χ4n) is 1.87. The van der Waals surface area contributed by atoms with Crippen LogP contribution in [0.1, 0.15) is 33.1 Å². The zero-order valence-corrected chi connectivity index (χ0v) is 9.29. The molecule has 0 aromatic rings. The van der Waals surface area contributed by atoms with E-state index in [4.69, 9.17) is 4.74 Å². The van der Waals surface area contributed by atoms with E-state index in [1.807, 2.05) is 0 Å². The Bertz CT molecular complexity index is 189. The third-order valence-corrected chi connectivity index (χ3v) is 2.85. The van der Waals surface area contributed by atoms with Gasteiger partial charge in [-0.3, -0.25) is 4.79 Å². The molecule has 1 rings (SSSR count). The minimum absolute atomic E-state index is 0.0978. The molecule has 0 saturated carbocycles. The van der Waals surface area contributed by atoms with Gasteiger partial charge >= 0.3 is 5.97 Å². The highest BCUT2D eigenvalue weighted by atomic mass is 16.5. The van der Waals surface area contributed by atoms with E-state index in [9.17, 15) is 4.79 Å². The molecule has 0 amide bonds. The Labute approximate surface area is 85.8 Å². The van der Waals surface area contributed by atoms with Crippen LogP contribution in [-0.4, -0.2) is 25.8 Å². The molecule has 82 valence electrons. The van der Waals surface area contributed by atoms with Gasteiger partial charge in [0.15, 0.2) is 0 Å². The second kappa shape index (κ2) is 5.35. The maximum atomic E-state index is 11.1. The maximum Gasteiger partial charge on any atom is 0.305 e. The summed E-state index contributed by atoms with van der Waals surface area (Å²) < 4.78 is 10.3. The highest BCUT2D eigenvalue weighted by Crippen LogP contribution is 2.27. The van der Waals surface area contributed by atoms with E-state index in [0.29, 0.717) is 24.4 Å². The van der Waals surface area contributed by atoms with E-state index in [-0.39, 0.29) is 5.97 Å². The van der Waals surface area contributed by atoms with Crippen LogP contribution in [-0.2, 0) is 14.3 Å². The molecule has 0 aromatic heterocycles. The highest BCUT2D eigenvalue weighted by Gasteiger charge is 2.26. The number of hydrogen-bond donors (Lipinski definition) is 0. The topological polar surface area (TPSA) is 35.5 Å². The van der Waals surface area contributed by atoms with Crippen molar-refractivity contribution < 1.29 is 14.3 Å². The van der Waals surface area contributed by atoms with E-state index in [1.54, 1.807) is 0 Å². The average molecular weight is 200 g/mol. The lowest BCUT2D eigenvalue weighted by atomic mass is 9.88. The molecule has 0 bridgehead atoms. The van der Waals surface area contributed by atoms with Gasteiger partial charge in [0.1, 0.15) is 0 Å². The Morgan fingerprint density at radius 3 is 2.86 bits per heavy atom. The molecule has 1 heterocycles. The maximum absolute atomic E-state index is 11.1. The number of carbonyl (C=O) groups is 1. The molecule has 0 aromatic carbocycles. The second-order valence-corrected chi connectivity index (χ2v) is 4.32. The van der Waals surface area contributed by atoms with Crippen LogP contribution in [0.2, 0.25) is 0 Å². The van der Waals surface area contributed by atoms with Gasteiger partial charge in [-0.2, -0.15) is 0 Å². The summed E-state index contributed by atoms with van der Waals surface area (Å²) in [6, 6.07) is 0. The summed E-state index contributed by atoms with van der Waals surface area (Å²) in [5.41, 5.74) is 0. The van der Waals surface area contributed by atoms with Crippen LogP contribution >= 0.6 is 0 Å². The van der Waals surface area contributed by atoms with Crippen LogP contribution in [0, 0.1) is 11.8 Å². The van der Waals surface area contributed by atoms with Crippen molar-refractivity contribution in [3.05, 3.63) is 0 Å². The predicted molar refractivity (Wildman–Crippen MR) is 53.9 cm³/mol. The third kappa shape index (κ3) is 3.29. The van der Waals surface area contributed by atoms with E-state index in [1.165, 1.54) is 7.11 Å². The zero-order chi connectivity index (χ0) is 10.6. The van der Waals surface area contributed by atoms with Crippen LogP contribution < -0.4 is 0 Å². The average Bonchev–Trinajstić information content (AvgIpc) is 2.18. The molecule has 3 heteroatoms. The van der Waals surface area contributed by atoms with Crippen molar-refractivity contribution >= 4 is 5.97 Å². The van der Waals surface area contributed by atoms with Crippen LogP contribution in [0.4, 0.5) is 0 Å². The fraction of sp³-hybridized carbons (Fsp3) is 0.909. The van der Waals surface area contributed by atoms with Crippen molar-refractivity contribution in [2.45, 2.75) is 39.2 Å². The fourth-order valence-corrected chi connectivity index (χ4v) is 1.87. The van der Waals surface area contributed by atoms with Gasteiger partial charge in [-0.15, -0.1) is 0 Å². The van der Waals surface area contributed by atoms with Gasteiger partial charge in [0, 0.05) is 13.0 Å². The van der Waals surface area contributed by atoms with Gasteiger partial charge in [-0.1, -0.05) is 13.8 Å². The predicted octanol–water partition coefficient (Wildman–Crippen LogP) is 2.00. The highest BCUT2D eigenvalue weighted by molar-refractivity contribution is 5.69. The van der Waals surface area contributed by atoms with Crippen molar-refractivity contribution in [3.63, 3.8) is 0 Å². The lowest BCUT2D eigenvalue weighted by Crippen LogP contribution is -2.30. The minimum Gasteiger partial charge on any atom is -0.469 e. The summed E-state index contributed by atoms with van der Waals surface area (Å²) in [5.74, 6) is 0.887. The molecular weight excluding hydrogens is 180 g/mol. The summed E-state index contributed by atoms with van der Waals surface area (Å²) >= 11 is 0. The molecule has 0 unspecified atom stereocenters. The number of ether oxygens (including phenoxy) is 2.